The summed E-state index contributed by atoms with van der Waals surface area (Å²) in [6.07, 6.45) is 1.18. The second-order valence-electron chi connectivity index (χ2n) is 7.31. The summed E-state index contributed by atoms with van der Waals surface area (Å²) >= 11 is 0. The molecule has 1 amide bonds. The van der Waals surface area contributed by atoms with E-state index < -0.39 is 0 Å². The van der Waals surface area contributed by atoms with Crippen LogP contribution in [0, 0.1) is 18.8 Å². The fraction of sp³-hybridized carbons (Fsp3) is 0.765. The van der Waals surface area contributed by atoms with Crippen LogP contribution in [0.5, 0.6) is 0 Å². The zero-order valence-corrected chi connectivity index (χ0v) is 14.7. The van der Waals surface area contributed by atoms with Crippen molar-refractivity contribution in [2.75, 3.05) is 59.5 Å². The molecular weight excluding hydrogens is 306 g/mol. The molecule has 1 aromatic rings. The highest BCUT2D eigenvalue weighted by molar-refractivity contribution is 5.92. The molecule has 2 fully saturated rings. The number of carbonyl (C=O) groups excluding carboxylic acids is 1. The van der Waals surface area contributed by atoms with Crippen molar-refractivity contribution in [3.05, 3.63) is 17.5 Å². The Hall–Kier alpha value is -1.44. The number of aliphatic hydroxyl groups excluding tert-OH is 1. The number of rotatable bonds is 4. The van der Waals surface area contributed by atoms with E-state index in [4.69, 9.17) is 0 Å². The topological polar surface area (TPSA) is 75.7 Å². The van der Waals surface area contributed by atoms with Crippen molar-refractivity contribution in [3.8, 4) is 0 Å². The van der Waals surface area contributed by atoms with Crippen molar-refractivity contribution in [1.29, 1.82) is 0 Å². The minimum absolute atomic E-state index is 0.0316. The summed E-state index contributed by atoms with van der Waals surface area (Å²) in [5, 5.41) is 16.7. The number of hydrogen-bond acceptors (Lipinski definition) is 5. The second-order valence-corrected chi connectivity index (χ2v) is 7.31. The summed E-state index contributed by atoms with van der Waals surface area (Å²) in [6.45, 7) is 8.73. The van der Waals surface area contributed by atoms with Crippen LogP contribution in [0.4, 0.5) is 0 Å². The lowest BCUT2D eigenvalue weighted by molar-refractivity contribution is 0.0773. The van der Waals surface area contributed by atoms with E-state index in [0.29, 0.717) is 24.7 Å². The Morgan fingerprint density at radius 2 is 2.08 bits per heavy atom. The van der Waals surface area contributed by atoms with Gasteiger partial charge in [-0.1, -0.05) is 0 Å². The smallest absolute Gasteiger partial charge is 0.274 e. The van der Waals surface area contributed by atoms with Crippen LogP contribution in [0.2, 0.25) is 0 Å². The fourth-order valence-corrected chi connectivity index (χ4v) is 3.82. The molecule has 24 heavy (non-hydrogen) atoms. The highest BCUT2D eigenvalue weighted by Gasteiger charge is 2.36. The first-order valence-corrected chi connectivity index (χ1v) is 8.90. The van der Waals surface area contributed by atoms with Gasteiger partial charge in [0, 0.05) is 50.9 Å². The summed E-state index contributed by atoms with van der Waals surface area (Å²) in [6, 6.07) is 1.79. The van der Waals surface area contributed by atoms with Crippen molar-refractivity contribution in [2.24, 2.45) is 11.8 Å². The molecule has 2 aliphatic rings. The van der Waals surface area contributed by atoms with Crippen LogP contribution in [0.1, 0.15) is 22.6 Å². The molecule has 1 aromatic heterocycles. The number of nitrogens with zero attached hydrogens (tertiary/aromatic N) is 4. The van der Waals surface area contributed by atoms with Crippen LogP contribution in [0.25, 0.3) is 0 Å². The third-order valence-corrected chi connectivity index (χ3v) is 5.33. The predicted octanol–water partition coefficient (Wildman–Crippen LogP) is 0.0361. The molecule has 2 aliphatic heterocycles. The lowest BCUT2D eigenvalue weighted by Crippen LogP contribution is -2.36. The number of likely N-dealkylation sites (tertiary alicyclic amines) is 1. The van der Waals surface area contributed by atoms with Gasteiger partial charge in [-0.15, -0.1) is 0 Å². The average molecular weight is 335 g/mol. The number of carbonyl (C=O) groups is 1. The van der Waals surface area contributed by atoms with Gasteiger partial charge in [0.2, 0.25) is 0 Å². The first-order valence-electron chi connectivity index (χ1n) is 8.90. The standard InChI is InChI=1S/C17H29N5O2/c1-13-8-16(19-18-13)17(24)22-10-14(15(11-22)12-23)9-21-5-3-4-20(2)6-7-21/h8,14-15,23H,3-7,9-12H2,1-2H3,(H,18,19)/t14-,15-/m1/s1. The number of hydrogen-bond donors (Lipinski definition) is 2. The van der Waals surface area contributed by atoms with E-state index in [2.05, 4.69) is 27.0 Å². The number of likely N-dealkylation sites (N-methyl/N-ethyl adjacent to an activating group) is 1. The minimum atomic E-state index is -0.0316. The first-order chi connectivity index (χ1) is 11.6. The molecule has 0 radical (unpaired) electrons. The minimum Gasteiger partial charge on any atom is -0.396 e. The van der Waals surface area contributed by atoms with Gasteiger partial charge in [0.15, 0.2) is 0 Å². The Labute approximate surface area is 143 Å². The SMILES string of the molecule is Cc1cc(C(=O)N2C[C@@H](CN3CCCN(C)CC3)[C@@H](CO)C2)n[nH]1. The lowest BCUT2D eigenvalue weighted by atomic mass is 9.96. The summed E-state index contributed by atoms with van der Waals surface area (Å²) in [7, 11) is 2.17. The van der Waals surface area contributed by atoms with E-state index in [1.807, 2.05) is 11.8 Å². The molecule has 0 aliphatic carbocycles. The molecule has 0 aromatic carbocycles. The van der Waals surface area contributed by atoms with Crippen LogP contribution in [0.3, 0.4) is 0 Å². The maximum absolute atomic E-state index is 12.6. The number of aliphatic hydroxyl groups is 1. The summed E-state index contributed by atoms with van der Waals surface area (Å²) in [5.74, 6) is 0.466. The van der Waals surface area contributed by atoms with Crippen molar-refractivity contribution in [1.82, 2.24) is 24.9 Å². The van der Waals surface area contributed by atoms with E-state index in [1.54, 1.807) is 6.07 Å². The molecular formula is C17H29N5O2. The van der Waals surface area contributed by atoms with Crippen molar-refractivity contribution in [3.63, 3.8) is 0 Å². The molecule has 3 rings (SSSR count). The van der Waals surface area contributed by atoms with Gasteiger partial charge in [0.05, 0.1) is 0 Å². The zero-order chi connectivity index (χ0) is 17.1. The highest BCUT2D eigenvalue weighted by atomic mass is 16.3. The average Bonchev–Trinajstić information content (AvgIpc) is 3.12. The van der Waals surface area contributed by atoms with Crippen molar-refractivity contribution < 1.29 is 9.90 Å². The third kappa shape index (κ3) is 3.96. The van der Waals surface area contributed by atoms with Gasteiger partial charge in [0.1, 0.15) is 5.69 Å². The van der Waals surface area contributed by atoms with Gasteiger partial charge < -0.3 is 19.8 Å². The molecule has 2 atom stereocenters. The molecule has 134 valence electrons. The van der Waals surface area contributed by atoms with E-state index >= 15 is 0 Å². The maximum Gasteiger partial charge on any atom is 0.274 e. The quantitative estimate of drug-likeness (QED) is 0.812. The number of amides is 1. The Bertz CT molecular complexity index is 561. The Balaban J connectivity index is 1.60. The molecule has 0 unspecified atom stereocenters. The van der Waals surface area contributed by atoms with E-state index in [-0.39, 0.29) is 18.4 Å². The van der Waals surface area contributed by atoms with Gasteiger partial charge >= 0.3 is 0 Å². The van der Waals surface area contributed by atoms with Gasteiger partial charge in [0.25, 0.3) is 5.91 Å². The van der Waals surface area contributed by atoms with Gasteiger partial charge in [-0.2, -0.15) is 5.10 Å². The largest absolute Gasteiger partial charge is 0.396 e. The van der Waals surface area contributed by atoms with E-state index in [1.165, 1.54) is 6.42 Å². The number of H-pyrrole nitrogens is 1. The fourth-order valence-electron chi connectivity index (χ4n) is 3.82. The molecule has 0 saturated carbocycles. The summed E-state index contributed by atoms with van der Waals surface area (Å²) in [5.41, 5.74) is 1.36. The predicted molar refractivity (Wildman–Crippen MR) is 91.8 cm³/mol. The molecule has 2 N–H and O–H groups in total. The highest BCUT2D eigenvalue weighted by Crippen LogP contribution is 2.26. The van der Waals surface area contributed by atoms with Crippen LogP contribution >= 0.6 is 0 Å². The molecule has 0 spiro atoms. The van der Waals surface area contributed by atoms with Gasteiger partial charge in [-0.25, -0.2) is 0 Å². The van der Waals surface area contributed by atoms with Crippen molar-refractivity contribution in [2.45, 2.75) is 13.3 Å². The van der Waals surface area contributed by atoms with E-state index in [0.717, 1.165) is 38.4 Å². The number of aromatic nitrogens is 2. The third-order valence-electron chi connectivity index (χ3n) is 5.33. The Morgan fingerprint density at radius 1 is 1.29 bits per heavy atom. The molecule has 2 saturated heterocycles. The zero-order valence-electron chi connectivity index (χ0n) is 14.7. The molecule has 7 heteroatoms. The normalized spacial score (nSPS) is 26.7. The van der Waals surface area contributed by atoms with E-state index in [9.17, 15) is 9.90 Å². The summed E-state index contributed by atoms with van der Waals surface area (Å²) < 4.78 is 0. The monoisotopic (exact) mass is 335 g/mol. The van der Waals surface area contributed by atoms with Crippen LogP contribution in [0.15, 0.2) is 6.07 Å². The number of aryl methyl sites for hydroxylation is 1. The van der Waals surface area contributed by atoms with Gasteiger partial charge in [-0.05, 0) is 45.5 Å². The Morgan fingerprint density at radius 3 is 2.79 bits per heavy atom. The summed E-state index contributed by atoms with van der Waals surface area (Å²) in [4.78, 5) is 19.3. The van der Waals surface area contributed by atoms with Gasteiger partial charge in [-0.3, -0.25) is 9.89 Å². The lowest BCUT2D eigenvalue weighted by Gasteiger charge is -2.26. The van der Waals surface area contributed by atoms with Crippen LogP contribution < -0.4 is 0 Å². The molecule has 0 bridgehead atoms. The number of aromatic amines is 1. The Kier molecular flexibility index (Phi) is 5.53. The van der Waals surface area contributed by atoms with Crippen LogP contribution in [-0.4, -0.2) is 95.4 Å². The van der Waals surface area contributed by atoms with Crippen molar-refractivity contribution >= 4 is 5.91 Å². The van der Waals surface area contributed by atoms with Crippen LogP contribution in [-0.2, 0) is 0 Å². The molecule has 7 nitrogen and oxygen atoms in total. The second kappa shape index (κ2) is 7.63. The molecule has 3 heterocycles. The number of nitrogens with one attached hydrogen (secondary N) is 1. The first kappa shape index (κ1) is 17.4. The maximum atomic E-state index is 12.6.